The number of aliphatic imine (C=N–C) groups is 1. The molecule has 1 aliphatic heterocycles. The van der Waals surface area contributed by atoms with E-state index in [1.807, 2.05) is 38.5 Å². The zero-order chi connectivity index (χ0) is 19.1. The Bertz CT molecular complexity index is 771. The third-order valence-corrected chi connectivity index (χ3v) is 4.86. The molecule has 1 saturated heterocycles. The van der Waals surface area contributed by atoms with E-state index >= 15 is 0 Å². The molecule has 0 unspecified atom stereocenters. The van der Waals surface area contributed by atoms with Gasteiger partial charge in [0.1, 0.15) is 11.6 Å². The minimum atomic E-state index is 0.715. The largest absolute Gasteiger partial charge is 0.496 e. The lowest BCUT2D eigenvalue weighted by Crippen LogP contribution is -2.38. The van der Waals surface area contributed by atoms with Crippen LogP contribution in [0.4, 0.5) is 5.82 Å². The van der Waals surface area contributed by atoms with E-state index in [2.05, 4.69) is 43.3 Å². The second-order valence-corrected chi connectivity index (χ2v) is 6.79. The quantitative estimate of drug-likeness (QED) is 0.628. The van der Waals surface area contributed by atoms with Gasteiger partial charge in [-0.15, -0.1) is 0 Å². The molecule has 1 N–H and O–H groups in total. The van der Waals surface area contributed by atoms with E-state index in [1.165, 1.54) is 18.4 Å². The topological polar surface area (TPSA) is 53.0 Å². The Hall–Kier alpha value is -2.76. The van der Waals surface area contributed by atoms with Crippen LogP contribution in [0.25, 0.3) is 0 Å². The summed E-state index contributed by atoms with van der Waals surface area (Å²) in [6.45, 7) is 3.64. The summed E-state index contributed by atoms with van der Waals surface area (Å²) in [7, 11) is 5.54. The third-order valence-electron chi connectivity index (χ3n) is 4.86. The molecule has 0 bridgehead atoms. The van der Waals surface area contributed by atoms with Crippen LogP contribution < -0.4 is 15.0 Å². The molecule has 0 saturated carbocycles. The lowest BCUT2D eigenvalue weighted by molar-refractivity contribution is 0.396. The van der Waals surface area contributed by atoms with Crippen LogP contribution in [-0.4, -0.2) is 50.1 Å². The summed E-state index contributed by atoms with van der Waals surface area (Å²) in [6, 6.07) is 12.3. The molecule has 0 radical (unpaired) electrons. The number of methoxy groups -OCH3 is 1. The Balaban J connectivity index is 1.61. The van der Waals surface area contributed by atoms with Crippen molar-refractivity contribution < 1.29 is 4.74 Å². The van der Waals surface area contributed by atoms with Crippen LogP contribution in [0, 0.1) is 0 Å². The molecule has 0 amide bonds. The zero-order valence-electron chi connectivity index (χ0n) is 16.5. The van der Waals surface area contributed by atoms with Crippen LogP contribution in [0.1, 0.15) is 24.0 Å². The lowest BCUT2D eigenvalue weighted by atomic mass is 10.2. The van der Waals surface area contributed by atoms with Crippen LogP contribution in [0.15, 0.2) is 47.6 Å². The van der Waals surface area contributed by atoms with Gasteiger partial charge in [-0.3, -0.25) is 4.99 Å². The number of hydrogen-bond acceptors (Lipinski definition) is 4. The fraction of sp³-hybridized carbons (Fsp3) is 0.429. The number of rotatable bonds is 6. The maximum absolute atomic E-state index is 5.45. The Morgan fingerprint density at radius 2 is 2.04 bits per heavy atom. The molecule has 27 heavy (non-hydrogen) atoms. The maximum atomic E-state index is 5.45. The average Bonchev–Trinajstić information content (AvgIpc) is 3.24. The average molecular weight is 367 g/mol. The molecular weight excluding hydrogens is 338 g/mol. The molecule has 1 aromatic carbocycles. The molecule has 1 aliphatic rings. The molecule has 1 aromatic heterocycles. The number of para-hydroxylation sites is 1. The van der Waals surface area contributed by atoms with Crippen molar-refractivity contribution in [3.8, 4) is 5.75 Å². The summed E-state index contributed by atoms with van der Waals surface area (Å²) in [6.07, 6.45) is 4.40. The fourth-order valence-electron chi connectivity index (χ4n) is 3.42. The smallest absolute Gasteiger partial charge is 0.193 e. The molecular formula is C21H29N5O. The number of anilines is 1. The number of hydrogen-bond donors (Lipinski definition) is 1. The molecule has 1 fully saturated rings. The number of guanidine groups is 1. The molecule has 2 heterocycles. The fourth-order valence-corrected chi connectivity index (χ4v) is 3.42. The first-order chi connectivity index (χ1) is 13.2. The van der Waals surface area contributed by atoms with Crippen molar-refractivity contribution in [3.63, 3.8) is 0 Å². The molecule has 0 atom stereocenters. The van der Waals surface area contributed by atoms with Gasteiger partial charge < -0.3 is 19.9 Å². The molecule has 2 aromatic rings. The van der Waals surface area contributed by atoms with Crippen molar-refractivity contribution in [2.75, 3.05) is 39.2 Å². The van der Waals surface area contributed by atoms with Crippen molar-refractivity contribution in [3.05, 3.63) is 53.7 Å². The first-order valence-corrected chi connectivity index (χ1v) is 9.45. The minimum Gasteiger partial charge on any atom is -0.496 e. The van der Waals surface area contributed by atoms with Crippen LogP contribution in [-0.2, 0) is 13.1 Å². The number of nitrogens with one attached hydrogen (secondary N) is 1. The summed E-state index contributed by atoms with van der Waals surface area (Å²) < 4.78 is 5.45. The van der Waals surface area contributed by atoms with Gasteiger partial charge in [-0.1, -0.05) is 18.2 Å². The molecule has 6 heteroatoms. The van der Waals surface area contributed by atoms with Gasteiger partial charge in [-0.25, -0.2) is 4.98 Å². The molecule has 3 rings (SSSR count). The SMILES string of the molecule is CN=C(NCc1ccnc(N2CCCC2)c1)N(C)Cc1ccccc1OC. The van der Waals surface area contributed by atoms with Gasteiger partial charge in [0.05, 0.1) is 7.11 Å². The first-order valence-electron chi connectivity index (χ1n) is 9.45. The van der Waals surface area contributed by atoms with Gasteiger partial charge >= 0.3 is 0 Å². The Kier molecular flexibility index (Phi) is 6.52. The van der Waals surface area contributed by atoms with E-state index in [4.69, 9.17) is 4.74 Å². The summed E-state index contributed by atoms with van der Waals surface area (Å²) in [4.78, 5) is 13.4. The van der Waals surface area contributed by atoms with Crippen molar-refractivity contribution in [1.82, 2.24) is 15.2 Å². The molecule has 0 spiro atoms. The lowest BCUT2D eigenvalue weighted by Gasteiger charge is -2.23. The van der Waals surface area contributed by atoms with E-state index < -0.39 is 0 Å². The van der Waals surface area contributed by atoms with Crippen molar-refractivity contribution in [1.29, 1.82) is 0 Å². The minimum absolute atomic E-state index is 0.715. The van der Waals surface area contributed by atoms with Crippen LogP contribution in [0.2, 0.25) is 0 Å². The van der Waals surface area contributed by atoms with E-state index in [1.54, 1.807) is 7.11 Å². The second-order valence-electron chi connectivity index (χ2n) is 6.79. The monoisotopic (exact) mass is 367 g/mol. The van der Waals surface area contributed by atoms with Gasteiger partial charge in [-0.2, -0.15) is 0 Å². The van der Waals surface area contributed by atoms with Crippen molar-refractivity contribution in [2.45, 2.75) is 25.9 Å². The van der Waals surface area contributed by atoms with E-state index in [0.717, 1.165) is 42.7 Å². The Morgan fingerprint density at radius 1 is 1.26 bits per heavy atom. The normalized spacial score (nSPS) is 14.3. The third kappa shape index (κ3) is 4.90. The molecule has 144 valence electrons. The van der Waals surface area contributed by atoms with Gasteiger partial charge in [0.25, 0.3) is 0 Å². The standard InChI is InChI=1S/C21H29N5O/c1-22-21(25(2)16-18-8-4-5-9-19(18)27-3)24-15-17-10-11-23-20(14-17)26-12-6-7-13-26/h4-5,8-11,14H,6-7,12-13,15-16H2,1-3H3,(H,22,24). The number of aromatic nitrogens is 1. The summed E-state index contributed by atoms with van der Waals surface area (Å²) in [5.74, 6) is 2.81. The highest BCUT2D eigenvalue weighted by molar-refractivity contribution is 5.79. The summed E-state index contributed by atoms with van der Waals surface area (Å²) in [5, 5.41) is 3.45. The number of nitrogens with zero attached hydrogens (tertiary/aromatic N) is 4. The van der Waals surface area contributed by atoms with E-state index in [0.29, 0.717) is 6.54 Å². The van der Waals surface area contributed by atoms with Gasteiger partial charge in [0.2, 0.25) is 0 Å². The van der Waals surface area contributed by atoms with Gasteiger partial charge in [0, 0.05) is 52.0 Å². The zero-order valence-corrected chi connectivity index (χ0v) is 16.5. The highest BCUT2D eigenvalue weighted by atomic mass is 16.5. The van der Waals surface area contributed by atoms with Crippen LogP contribution in [0.5, 0.6) is 5.75 Å². The second kappa shape index (κ2) is 9.26. The van der Waals surface area contributed by atoms with Crippen LogP contribution in [0.3, 0.4) is 0 Å². The van der Waals surface area contributed by atoms with Gasteiger partial charge in [-0.05, 0) is 36.6 Å². The molecule has 0 aliphatic carbocycles. The number of ether oxygens (including phenoxy) is 1. The predicted octanol–water partition coefficient (Wildman–Crippen LogP) is 2.90. The van der Waals surface area contributed by atoms with Crippen molar-refractivity contribution >= 4 is 11.8 Å². The predicted molar refractivity (Wildman–Crippen MR) is 110 cm³/mol. The summed E-state index contributed by atoms with van der Waals surface area (Å²) in [5.41, 5.74) is 2.34. The van der Waals surface area contributed by atoms with Crippen LogP contribution >= 0.6 is 0 Å². The Morgan fingerprint density at radius 3 is 2.78 bits per heavy atom. The van der Waals surface area contributed by atoms with Crippen molar-refractivity contribution in [2.24, 2.45) is 4.99 Å². The molecule has 6 nitrogen and oxygen atoms in total. The maximum Gasteiger partial charge on any atom is 0.193 e. The first kappa shape index (κ1) is 19.0. The van der Waals surface area contributed by atoms with E-state index in [-0.39, 0.29) is 0 Å². The summed E-state index contributed by atoms with van der Waals surface area (Å²) >= 11 is 0. The Labute approximate surface area is 161 Å². The number of pyridine rings is 1. The van der Waals surface area contributed by atoms with Gasteiger partial charge in [0.15, 0.2) is 5.96 Å². The van der Waals surface area contributed by atoms with E-state index in [9.17, 15) is 0 Å². The number of benzene rings is 1. The highest BCUT2D eigenvalue weighted by Crippen LogP contribution is 2.20. The highest BCUT2D eigenvalue weighted by Gasteiger charge is 2.14.